The van der Waals surface area contributed by atoms with Gasteiger partial charge in [-0.2, -0.15) is 0 Å². The van der Waals surface area contributed by atoms with Crippen LogP contribution in [-0.2, 0) is 10.8 Å². The van der Waals surface area contributed by atoms with Gasteiger partial charge in [0.1, 0.15) is 0 Å². The van der Waals surface area contributed by atoms with Crippen LogP contribution in [0.1, 0.15) is 32.6 Å². The molecule has 0 amide bonds. The second-order valence-electron chi connectivity index (χ2n) is 5.79. The van der Waals surface area contributed by atoms with Gasteiger partial charge in [0.2, 0.25) is 0 Å². The Morgan fingerprint density at radius 2 is 2.23 bits per heavy atom. The summed E-state index contributed by atoms with van der Waals surface area (Å²) in [6.07, 6.45) is 6.25. The molecule has 1 fully saturated rings. The fourth-order valence-corrected chi connectivity index (χ4v) is 5.05. The highest BCUT2D eigenvalue weighted by Crippen LogP contribution is 2.30. The van der Waals surface area contributed by atoms with Crippen molar-refractivity contribution in [1.29, 1.82) is 0 Å². The van der Waals surface area contributed by atoms with E-state index in [9.17, 15) is 4.21 Å². The number of benzene rings is 1. The molecule has 3 rings (SSSR count). The Morgan fingerprint density at radius 1 is 1.36 bits per heavy atom. The van der Waals surface area contributed by atoms with Gasteiger partial charge in [0, 0.05) is 49.6 Å². The zero-order chi connectivity index (χ0) is 15.5. The van der Waals surface area contributed by atoms with E-state index >= 15 is 0 Å². The molecule has 0 saturated heterocycles. The summed E-state index contributed by atoms with van der Waals surface area (Å²) in [5.74, 6) is 0.766. The van der Waals surface area contributed by atoms with Crippen LogP contribution in [0.5, 0.6) is 0 Å². The third kappa shape index (κ3) is 3.35. The van der Waals surface area contributed by atoms with E-state index in [0.717, 1.165) is 52.5 Å². The Morgan fingerprint density at radius 3 is 3.05 bits per heavy atom. The van der Waals surface area contributed by atoms with Gasteiger partial charge in [0.25, 0.3) is 0 Å². The monoisotopic (exact) mass is 380 g/mol. The Labute approximate surface area is 142 Å². The van der Waals surface area contributed by atoms with Crippen molar-refractivity contribution >= 4 is 43.3 Å². The molecule has 3 atom stereocenters. The van der Waals surface area contributed by atoms with Crippen molar-refractivity contribution in [2.75, 3.05) is 11.1 Å². The molecule has 1 aliphatic carbocycles. The molecule has 1 aliphatic rings. The Hall–Kier alpha value is -0.940. The van der Waals surface area contributed by atoms with Crippen LogP contribution in [0.3, 0.4) is 0 Å². The van der Waals surface area contributed by atoms with E-state index in [-0.39, 0.29) is 0 Å². The minimum atomic E-state index is -0.683. The number of anilines is 1. The average molecular weight is 381 g/mol. The van der Waals surface area contributed by atoms with E-state index in [2.05, 4.69) is 32.3 Å². The van der Waals surface area contributed by atoms with Crippen molar-refractivity contribution in [2.45, 2.75) is 43.9 Å². The number of pyridine rings is 1. The quantitative estimate of drug-likeness (QED) is 0.849. The molecule has 1 aromatic heterocycles. The summed E-state index contributed by atoms with van der Waals surface area (Å²) in [4.78, 5) is 4.46. The predicted molar refractivity (Wildman–Crippen MR) is 97.8 cm³/mol. The molecule has 1 heterocycles. The first-order valence-electron chi connectivity index (χ1n) is 7.86. The van der Waals surface area contributed by atoms with Gasteiger partial charge in [-0.15, -0.1) is 0 Å². The van der Waals surface area contributed by atoms with Crippen molar-refractivity contribution < 1.29 is 4.21 Å². The first-order chi connectivity index (χ1) is 10.7. The van der Waals surface area contributed by atoms with E-state index < -0.39 is 10.8 Å². The lowest BCUT2D eigenvalue weighted by Gasteiger charge is -2.30. The summed E-state index contributed by atoms with van der Waals surface area (Å²) in [6.45, 7) is 2.01. The van der Waals surface area contributed by atoms with Crippen LogP contribution in [0.25, 0.3) is 10.9 Å². The number of nitrogens with zero attached hydrogens (tertiary/aromatic N) is 1. The number of hydrogen-bond donors (Lipinski definition) is 1. The van der Waals surface area contributed by atoms with Gasteiger partial charge in [-0.1, -0.05) is 25.5 Å². The molecule has 0 bridgehead atoms. The Kier molecular flexibility index (Phi) is 5.14. The summed E-state index contributed by atoms with van der Waals surface area (Å²) in [5.41, 5.74) is 2.11. The van der Waals surface area contributed by atoms with E-state index in [1.807, 2.05) is 31.3 Å². The third-order valence-corrected chi connectivity index (χ3v) is 6.74. The van der Waals surface area contributed by atoms with Crippen LogP contribution < -0.4 is 5.32 Å². The van der Waals surface area contributed by atoms with Crippen molar-refractivity contribution in [3.05, 3.63) is 34.9 Å². The van der Waals surface area contributed by atoms with Crippen LogP contribution >= 0.6 is 15.9 Å². The second kappa shape index (κ2) is 7.09. The van der Waals surface area contributed by atoms with Crippen LogP contribution in [0.2, 0.25) is 0 Å². The molecule has 3 nitrogen and oxygen atoms in total. The highest BCUT2D eigenvalue weighted by Gasteiger charge is 2.25. The molecule has 2 aromatic rings. The van der Waals surface area contributed by atoms with Gasteiger partial charge >= 0.3 is 0 Å². The number of para-hydroxylation sites is 1. The van der Waals surface area contributed by atoms with Crippen LogP contribution in [0.15, 0.2) is 34.9 Å². The molecule has 5 heteroatoms. The molecule has 1 saturated carbocycles. The van der Waals surface area contributed by atoms with Crippen LogP contribution in [0, 0.1) is 0 Å². The Bertz CT molecular complexity index is 691. The summed E-state index contributed by atoms with van der Waals surface area (Å²) in [6, 6.07) is 8.59. The van der Waals surface area contributed by atoms with Crippen LogP contribution in [0.4, 0.5) is 5.69 Å². The smallest absolute Gasteiger partial charge is 0.0864 e. The largest absolute Gasteiger partial charge is 0.382 e. The van der Waals surface area contributed by atoms with Gasteiger partial charge < -0.3 is 5.32 Å². The van der Waals surface area contributed by atoms with Gasteiger partial charge in [0.05, 0.1) is 5.52 Å². The number of fused-ring (bicyclic) bond motifs is 1. The minimum Gasteiger partial charge on any atom is -0.382 e. The van der Waals surface area contributed by atoms with Crippen molar-refractivity contribution in [1.82, 2.24) is 4.98 Å². The lowest BCUT2D eigenvalue weighted by Crippen LogP contribution is -2.33. The van der Waals surface area contributed by atoms with Gasteiger partial charge in [0.15, 0.2) is 0 Å². The SMILES string of the molecule is CCS(=O)C1CCCC(Nc2ccnc3c(Br)cccc23)C1. The first kappa shape index (κ1) is 15.9. The fraction of sp³-hybridized carbons (Fsp3) is 0.471. The van der Waals surface area contributed by atoms with Crippen molar-refractivity contribution in [3.63, 3.8) is 0 Å². The number of hydrogen-bond acceptors (Lipinski definition) is 3. The van der Waals surface area contributed by atoms with E-state index in [1.165, 1.54) is 0 Å². The Balaban J connectivity index is 1.81. The molecule has 118 valence electrons. The van der Waals surface area contributed by atoms with E-state index in [4.69, 9.17) is 0 Å². The lowest BCUT2D eigenvalue weighted by atomic mass is 9.94. The molecular formula is C17H21BrN2OS. The summed E-state index contributed by atoms with van der Waals surface area (Å²) in [7, 11) is -0.683. The zero-order valence-electron chi connectivity index (χ0n) is 12.7. The minimum absolute atomic E-state index is 0.344. The molecule has 3 unspecified atom stereocenters. The van der Waals surface area contributed by atoms with Gasteiger partial charge in [-0.3, -0.25) is 9.19 Å². The second-order valence-corrected chi connectivity index (χ2v) is 8.65. The average Bonchev–Trinajstić information content (AvgIpc) is 2.55. The topological polar surface area (TPSA) is 42.0 Å². The lowest BCUT2D eigenvalue weighted by molar-refractivity contribution is 0.465. The maximum Gasteiger partial charge on any atom is 0.0864 e. The van der Waals surface area contributed by atoms with Crippen molar-refractivity contribution in [2.24, 2.45) is 0 Å². The molecule has 0 spiro atoms. The van der Waals surface area contributed by atoms with Crippen molar-refractivity contribution in [3.8, 4) is 0 Å². The molecular weight excluding hydrogens is 360 g/mol. The summed E-state index contributed by atoms with van der Waals surface area (Å²) < 4.78 is 13.1. The highest BCUT2D eigenvalue weighted by molar-refractivity contribution is 9.10. The zero-order valence-corrected chi connectivity index (χ0v) is 15.1. The fourth-order valence-electron chi connectivity index (χ4n) is 3.24. The molecule has 22 heavy (non-hydrogen) atoms. The number of rotatable bonds is 4. The highest BCUT2D eigenvalue weighted by atomic mass is 79.9. The van der Waals surface area contributed by atoms with E-state index in [1.54, 1.807) is 0 Å². The number of nitrogens with one attached hydrogen (secondary N) is 1. The maximum atomic E-state index is 12.1. The molecule has 0 aliphatic heterocycles. The predicted octanol–water partition coefficient (Wildman–Crippen LogP) is 4.49. The molecule has 0 radical (unpaired) electrons. The number of aromatic nitrogens is 1. The normalized spacial score (nSPS) is 23.4. The molecule has 1 aromatic carbocycles. The third-order valence-electron chi connectivity index (χ3n) is 4.36. The standard InChI is InChI=1S/C17H21BrN2OS/c1-2-22(21)13-6-3-5-12(11-13)20-16-9-10-19-17-14(16)7-4-8-15(17)18/h4,7-10,12-13H,2-3,5-6,11H2,1H3,(H,19,20). The van der Waals surface area contributed by atoms with Gasteiger partial charge in [-0.05, 0) is 47.3 Å². The van der Waals surface area contributed by atoms with Crippen LogP contribution in [-0.4, -0.2) is 26.2 Å². The summed E-state index contributed by atoms with van der Waals surface area (Å²) in [5, 5.41) is 5.14. The molecule has 1 N–H and O–H groups in total. The van der Waals surface area contributed by atoms with E-state index in [0.29, 0.717) is 11.3 Å². The maximum absolute atomic E-state index is 12.1. The first-order valence-corrected chi connectivity index (χ1v) is 10.0. The number of halogens is 1. The summed E-state index contributed by atoms with van der Waals surface area (Å²) >= 11 is 3.56. The van der Waals surface area contributed by atoms with Gasteiger partial charge in [-0.25, -0.2) is 0 Å².